The second-order valence-electron chi connectivity index (χ2n) is 8.18. The van der Waals surface area contributed by atoms with E-state index in [1.165, 1.54) is 31.4 Å². The summed E-state index contributed by atoms with van der Waals surface area (Å²) in [5.74, 6) is -1.49. The van der Waals surface area contributed by atoms with Gasteiger partial charge in [-0.2, -0.15) is 13.2 Å². The van der Waals surface area contributed by atoms with Gasteiger partial charge < -0.3 is 0 Å². The largest absolute Gasteiger partial charge is 0.471 e. The molecule has 0 aliphatic heterocycles. The lowest BCUT2D eigenvalue weighted by molar-refractivity contribution is -0.170. The fourth-order valence-corrected chi connectivity index (χ4v) is 4.10. The van der Waals surface area contributed by atoms with Gasteiger partial charge in [-0.25, -0.2) is 0 Å². The van der Waals surface area contributed by atoms with Crippen LogP contribution < -0.4 is 4.90 Å². The standard InChI is InChI=1S/C25H28F3N3O/c1-4-29-23-14-21(12-13-22(23)17(2)3)31(24(32)25(26,27)28)16-20-11-10-19(15-30-20)18-8-6-5-7-9-18/h4,10-15,18H,2,5-9,16H2,1,3H3. The van der Waals surface area contributed by atoms with Crippen LogP contribution in [0.2, 0.25) is 0 Å². The van der Waals surface area contributed by atoms with Gasteiger partial charge in [-0.1, -0.05) is 38.0 Å². The Morgan fingerprint density at radius 3 is 2.50 bits per heavy atom. The Labute approximate surface area is 186 Å². The molecule has 0 atom stereocenters. The van der Waals surface area contributed by atoms with Crippen molar-refractivity contribution in [3.63, 3.8) is 0 Å². The summed E-state index contributed by atoms with van der Waals surface area (Å²) in [6, 6.07) is 8.23. The zero-order valence-electron chi connectivity index (χ0n) is 18.5. The van der Waals surface area contributed by atoms with Gasteiger partial charge in [-0.15, -0.1) is 0 Å². The average Bonchev–Trinajstić information content (AvgIpc) is 2.77. The fraction of sp³-hybridized carbons (Fsp3) is 0.400. The first-order chi connectivity index (χ1) is 15.2. The number of alkyl halides is 3. The van der Waals surface area contributed by atoms with Crippen molar-refractivity contribution in [2.45, 2.75) is 64.6 Å². The molecule has 0 bridgehead atoms. The number of nitrogens with zero attached hydrogens (tertiary/aromatic N) is 3. The molecule has 0 spiro atoms. The minimum Gasteiger partial charge on any atom is -0.299 e. The molecule has 1 aliphatic carbocycles. The van der Waals surface area contributed by atoms with Crippen molar-refractivity contribution in [1.29, 1.82) is 0 Å². The van der Waals surface area contributed by atoms with E-state index in [2.05, 4.69) is 16.6 Å². The van der Waals surface area contributed by atoms with E-state index in [0.717, 1.165) is 24.0 Å². The van der Waals surface area contributed by atoms with Crippen LogP contribution in [0.25, 0.3) is 5.57 Å². The molecule has 1 amide bonds. The average molecular weight is 444 g/mol. The number of benzene rings is 1. The van der Waals surface area contributed by atoms with E-state index >= 15 is 0 Å². The number of amides is 1. The molecule has 7 heteroatoms. The number of carbonyl (C=O) groups is 1. The van der Waals surface area contributed by atoms with Gasteiger partial charge in [0.05, 0.1) is 17.9 Å². The summed E-state index contributed by atoms with van der Waals surface area (Å²) in [4.78, 5) is 21.6. The Hall–Kier alpha value is -2.96. The van der Waals surface area contributed by atoms with Crippen LogP contribution in [0.3, 0.4) is 0 Å². The predicted octanol–water partition coefficient (Wildman–Crippen LogP) is 6.98. The summed E-state index contributed by atoms with van der Waals surface area (Å²) in [7, 11) is 0. The molecule has 1 saturated carbocycles. The molecule has 3 rings (SSSR count). The number of aromatic nitrogens is 1. The van der Waals surface area contributed by atoms with E-state index < -0.39 is 12.1 Å². The summed E-state index contributed by atoms with van der Waals surface area (Å²) in [5.41, 5.74) is 3.50. The lowest BCUT2D eigenvalue weighted by atomic mass is 9.85. The maximum absolute atomic E-state index is 13.4. The van der Waals surface area contributed by atoms with Gasteiger partial charge >= 0.3 is 12.1 Å². The number of allylic oxidation sites excluding steroid dienone is 1. The monoisotopic (exact) mass is 443 g/mol. The number of anilines is 1. The molecular weight excluding hydrogens is 415 g/mol. The number of hydrogen-bond acceptors (Lipinski definition) is 3. The van der Waals surface area contributed by atoms with Gasteiger partial charge in [0.25, 0.3) is 0 Å². The van der Waals surface area contributed by atoms with E-state index in [0.29, 0.717) is 27.8 Å². The first-order valence-corrected chi connectivity index (χ1v) is 10.8. The summed E-state index contributed by atoms with van der Waals surface area (Å²) < 4.78 is 40.2. The summed E-state index contributed by atoms with van der Waals surface area (Å²) in [5, 5.41) is 0. The van der Waals surface area contributed by atoms with Gasteiger partial charge in [0.15, 0.2) is 0 Å². The highest BCUT2D eigenvalue weighted by Crippen LogP contribution is 2.34. The number of rotatable bonds is 6. The first-order valence-electron chi connectivity index (χ1n) is 10.8. The molecule has 170 valence electrons. The van der Waals surface area contributed by atoms with Crippen LogP contribution in [0.15, 0.2) is 48.1 Å². The van der Waals surface area contributed by atoms with Crippen molar-refractivity contribution in [1.82, 2.24) is 4.98 Å². The van der Waals surface area contributed by atoms with Crippen molar-refractivity contribution in [3.05, 3.63) is 59.9 Å². The van der Waals surface area contributed by atoms with Crippen molar-refractivity contribution < 1.29 is 18.0 Å². The molecule has 1 aliphatic rings. The molecule has 1 fully saturated rings. The van der Waals surface area contributed by atoms with Crippen LogP contribution in [0.5, 0.6) is 0 Å². The summed E-state index contributed by atoms with van der Waals surface area (Å²) >= 11 is 0. The van der Waals surface area contributed by atoms with Gasteiger partial charge in [0, 0.05) is 23.7 Å². The number of carbonyl (C=O) groups excluding carboxylic acids is 1. The highest BCUT2D eigenvalue weighted by Gasteiger charge is 2.43. The number of halogens is 3. The molecule has 1 aromatic carbocycles. The second kappa shape index (κ2) is 10.1. The third-order valence-corrected chi connectivity index (χ3v) is 5.75. The molecule has 1 aromatic heterocycles. The highest BCUT2D eigenvalue weighted by atomic mass is 19.4. The molecule has 0 radical (unpaired) electrons. The van der Waals surface area contributed by atoms with Crippen LogP contribution >= 0.6 is 0 Å². The predicted molar refractivity (Wildman–Crippen MR) is 122 cm³/mol. The van der Waals surface area contributed by atoms with Gasteiger partial charge in [0.2, 0.25) is 0 Å². The molecule has 0 N–H and O–H groups in total. The zero-order valence-corrected chi connectivity index (χ0v) is 18.5. The Balaban J connectivity index is 1.92. The lowest BCUT2D eigenvalue weighted by Crippen LogP contribution is -2.41. The lowest BCUT2D eigenvalue weighted by Gasteiger charge is -2.25. The number of aliphatic imine (C=N–C) groups is 1. The maximum Gasteiger partial charge on any atom is 0.471 e. The number of hydrogen-bond donors (Lipinski definition) is 0. The van der Waals surface area contributed by atoms with Crippen molar-refractivity contribution in [2.75, 3.05) is 4.90 Å². The van der Waals surface area contributed by atoms with Crippen molar-refractivity contribution in [3.8, 4) is 0 Å². The van der Waals surface area contributed by atoms with Gasteiger partial charge in [-0.3, -0.25) is 19.7 Å². The summed E-state index contributed by atoms with van der Waals surface area (Å²) in [6.07, 6.45) is 4.09. The van der Waals surface area contributed by atoms with Crippen LogP contribution in [-0.2, 0) is 11.3 Å². The molecule has 32 heavy (non-hydrogen) atoms. The van der Waals surface area contributed by atoms with Crippen LogP contribution in [0, 0.1) is 0 Å². The van der Waals surface area contributed by atoms with E-state index in [-0.39, 0.29) is 12.2 Å². The number of pyridine rings is 1. The third-order valence-electron chi connectivity index (χ3n) is 5.75. The second-order valence-corrected chi connectivity index (χ2v) is 8.18. The Morgan fingerprint density at radius 1 is 1.22 bits per heavy atom. The Morgan fingerprint density at radius 2 is 1.94 bits per heavy atom. The van der Waals surface area contributed by atoms with E-state index in [1.807, 2.05) is 6.07 Å². The normalized spacial score (nSPS) is 15.2. The SMILES string of the molecule is C=C(C)c1ccc(N(Cc2ccc(C3CCCCC3)cn2)C(=O)C(F)(F)F)cc1N=CC. The van der Waals surface area contributed by atoms with Crippen molar-refractivity contribution >= 4 is 29.1 Å². The highest BCUT2D eigenvalue weighted by molar-refractivity contribution is 5.98. The van der Waals surface area contributed by atoms with Crippen LogP contribution in [0.1, 0.15) is 68.7 Å². The minimum absolute atomic E-state index is 0.107. The molecular formula is C25H28F3N3O. The van der Waals surface area contributed by atoms with Gasteiger partial charge in [-0.05, 0) is 61.9 Å². The quantitative estimate of drug-likeness (QED) is 0.452. The van der Waals surface area contributed by atoms with E-state index in [1.54, 1.807) is 38.4 Å². The zero-order chi connectivity index (χ0) is 23.3. The fourth-order valence-electron chi connectivity index (χ4n) is 4.10. The van der Waals surface area contributed by atoms with E-state index in [4.69, 9.17) is 0 Å². The minimum atomic E-state index is -5.01. The van der Waals surface area contributed by atoms with Gasteiger partial charge in [0.1, 0.15) is 0 Å². The molecule has 1 heterocycles. The topological polar surface area (TPSA) is 45.6 Å². The molecule has 4 nitrogen and oxygen atoms in total. The summed E-state index contributed by atoms with van der Waals surface area (Å²) in [6.45, 7) is 7.11. The Kier molecular flexibility index (Phi) is 7.48. The van der Waals surface area contributed by atoms with Crippen LogP contribution in [0.4, 0.5) is 24.5 Å². The maximum atomic E-state index is 13.4. The smallest absolute Gasteiger partial charge is 0.299 e. The van der Waals surface area contributed by atoms with Crippen molar-refractivity contribution in [2.24, 2.45) is 4.99 Å². The van der Waals surface area contributed by atoms with Crippen LogP contribution in [-0.4, -0.2) is 23.3 Å². The molecule has 2 aromatic rings. The Bertz CT molecular complexity index is 990. The third kappa shape index (κ3) is 5.64. The molecule has 0 saturated heterocycles. The first kappa shape index (κ1) is 23.7. The molecule has 0 unspecified atom stereocenters. The van der Waals surface area contributed by atoms with E-state index in [9.17, 15) is 18.0 Å².